The molecule has 0 spiro atoms. The average molecular weight is 293 g/mol. The highest BCUT2D eigenvalue weighted by Crippen LogP contribution is 2.32. The van der Waals surface area contributed by atoms with Gasteiger partial charge in [0.25, 0.3) is 0 Å². The molecule has 0 aromatic heterocycles. The van der Waals surface area contributed by atoms with Crippen LogP contribution in [0.25, 0.3) is 0 Å². The van der Waals surface area contributed by atoms with Crippen molar-refractivity contribution in [3.8, 4) is 11.5 Å². The molecule has 1 heterocycles. The minimum absolute atomic E-state index is 0.179. The summed E-state index contributed by atoms with van der Waals surface area (Å²) in [5.41, 5.74) is 1.13. The van der Waals surface area contributed by atoms with E-state index < -0.39 is 0 Å². The maximum absolute atomic E-state index is 6.04. The quantitative estimate of drug-likeness (QED) is 0.799. The Morgan fingerprint density at radius 1 is 1.43 bits per heavy atom. The Morgan fingerprint density at radius 3 is 2.95 bits per heavy atom. The Labute approximate surface area is 127 Å². The van der Waals surface area contributed by atoms with Crippen LogP contribution in [0.4, 0.5) is 0 Å². The van der Waals surface area contributed by atoms with Crippen molar-refractivity contribution in [3.63, 3.8) is 0 Å². The fourth-order valence-corrected chi connectivity index (χ4v) is 2.45. The third-order valence-electron chi connectivity index (χ3n) is 3.89. The van der Waals surface area contributed by atoms with Crippen LogP contribution in [0.15, 0.2) is 18.2 Å². The van der Waals surface area contributed by atoms with E-state index in [2.05, 4.69) is 25.2 Å². The molecule has 0 amide bonds. The van der Waals surface area contributed by atoms with E-state index in [0.717, 1.165) is 49.6 Å². The van der Waals surface area contributed by atoms with Gasteiger partial charge in [-0.05, 0) is 32.3 Å². The number of methoxy groups -OCH3 is 1. The monoisotopic (exact) mass is 293 g/mol. The zero-order chi connectivity index (χ0) is 15.1. The molecule has 0 saturated carbocycles. The Hall–Kier alpha value is -1.26. The lowest BCUT2D eigenvalue weighted by Gasteiger charge is -2.19. The number of rotatable bonds is 8. The molecule has 1 aliphatic heterocycles. The second-order valence-electron chi connectivity index (χ2n) is 5.55. The van der Waals surface area contributed by atoms with Gasteiger partial charge in [-0.25, -0.2) is 0 Å². The maximum Gasteiger partial charge on any atom is 0.166 e. The number of hydrogen-bond acceptors (Lipinski definition) is 4. The molecule has 1 aromatic carbocycles. The Kier molecular flexibility index (Phi) is 6.33. The molecular formula is C17H27NO3. The molecular weight excluding hydrogens is 266 g/mol. The molecule has 2 unspecified atom stereocenters. The van der Waals surface area contributed by atoms with E-state index in [1.807, 2.05) is 12.1 Å². The van der Waals surface area contributed by atoms with E-state index >= 15 is 0 Å². The van der Waals surface area contributed by atoms with Gasteiger partial charge in [0, 0.05) is 25.3 Å². The molecule has 118 valence electrons. The summed E-state index contributed by atoms with van der Waals surface area (Å²) in [5.74, 6) is 1.65. The van der Waals surface area contributed by atoms with Gasteiger partial charge in [0.1, 0.15) is 0 Å². The zero-order valence-electron chi connectivity index (χ0n) is 13.4. The topological polar surface area (TPSA) is 39.7 Å². The van der Waals surface area contributed by atoms with Gasteiger partial charge in [-0.2, -0.15) is 0 Å². The smallest absolute Gasteiger partial charge is 0.166 e. The Morgan fingerprint density at radius 2 is 2.29 bits per heavy atom. The van der Waals surface area contributed by atoms with Crippen molar-refractivity contribution in [2.75, 3.05) is 20.3 Å². The zero-order valence-corrected chi connectivity index (χ0v) is 13.4. The van der Waals surface area contributed by atoms with Crippen molar-refractivity contribution in [2.45, 2.75) is 51.9 Å². The second kappa shape index (κ2) is 8.25. The molecule has 1 aliphatic rings. The van der Waals surface area contributed by atoms with Gasteiger partial charge in [0.05, 0.1) is 19.3 Å². The summed E-state index contributed by atoms with van der Waals surface area (Å²) in [4.78, 5) is 0. The summed E-state index contributed by atoms with van der Waals surface area (Å²) >= 11 is 0. The van der Waals surface area contributed by atoms with Gasteiger partial charge >= 0.3 is 0 Å². The SMILES string of the molecule is CCC(C)Oc1c(CNCC2CCCO2)cccc1OC. The molecule has 0 aliphatic carbocycles. The normalized spacial score (nSPS) is 19.5. The lowest BCUT2D eigenvalue weighted by atomic mass is 10.1. The summed E-state index contributed by atoms with van der Waals surface area (Å²) in [5, 5.41) is 3.47. The lowest BCUT2D eigenvalue weighted by Crippen LogP contribution is -2.26. The molecule has 2 rings (SSSR count). The fraction of sp³-hybridized carbons (Fsp3) is 0.647. The summed E-state index contributed by atoms with van der Waals surface area (Å²) in [6.45, 7) is 6.75. The van der Waals surface area contributed by atoms with Crippen LogP contribution >= 0.6 is 0 Å². The minimum Gasteiger partial charge on any atom is -0.493 e. The predicted octanol–water partition coefficient (Wildman–Crippen LogP) is 3.14. The number of hydrogen-bond donors (Lipinski definition) is 1. The van der Waals surface area contributed by atoms with Crippen molar-refractivity contribution in [3.05, 3.63) is 23.8 Å². The second-order valence-corrected chi connectivity index (χ2v) is 5.55. The molecule has 1 saturated heterocycles. The van der Waals surface area contributed by atoms with Crippen molar-refractivity contribution < 1.29 is 14.2 Å². The molecule has 1 fully saturated rings. The van der Waals surface area contributed by atoms with Gasteiger partial charge in [0.15, 0.2) is 11.5 Å². The maximum atomic E-state index is 6.04. The van der Waals surface area contributed by atoms with E-state index in [0.29, 0.717) is 6.10 Å². The molecule has 21 heavy (non-hydrogen) atoms. The van der Waals surface area contributed by atoms with E-state index in [1.54, 1.807) is 7.11 Å². The first-order chi connectivity index (χ1) is 10.2. The van der Waals surface area contributed by atoms with Gasteiger partial charge in [-0.3, -0.25) is 0 Å². The summed E-state index contributed by atoms with van der Waals surface area (Å²) < 4.78 is 17.1. The standard InChI is InChI=1S/C17H27NO3/c1-4-13(2)21-17-14(7-5-9-16(17)19-3)11-18-12-15-8-6-10-20-15/h5,7,9,13,15,18H,4,6,8,10-12H2,1-3H3. The van der Waals surface area contributed by atoms with Crippen LogP contribution in [-0.2, 0) is 11.3 Å². The highest BCUT2D eigenvalue weighted by atomic mass is 16.5. The largest absolute Gasteiger partial charge is 0.493 e. The van der Waals surface area contributed by atoms with Crippen molar-refractivity contribution in [1.82, 2.24) is 5.32 Å². The average Bonchev–Trinajstić information content (AvgIpc) is 3.01. The first-order valence-electron chi connectivity index (χ1n) is 7.89. The molecule has 0 radical (unpaired) electrons. The minimum atomic E-state index is 0.179. The molecule has 1 N–H and O–H groups in total. The lowest BCUT2D eigenvalue weighted by molar-refractivity contribution is 0.110. The van der Waals surface area contributed by atoms with Crippen molar-refractivity contribution >= 4 is 0 Å². The summed E-state index contributed by atoms with van der Waals surface area (Å²) in [6.07, 6.45) is 3.84. The molecule has 1 aromatic rings. The van der Waals surface area contributed by atoms with Crippen molar-refractivity contribution in [1.29, 1.82) is 0 Å². The fourth-order valence-electron chi connectivity index (χ4n) is 2.45. The van der Waals surface area contributed by atoms with Crippen LogP contribution in [0.5, 0.6) is 11.5 Å². The van der Waals surface area contributed by atoms with Crippen LogP contribution in [0, 0.1) is 0 Å². The van der Waals surface area contributed by atoms with Crippen LogP contribution < -0.4 is 14.8 Å². The van der Waals surface area contributed by atoms with Crippen molar-refractivity contribution in [2.24, 2.45) is 0 Å². The first-order valence-corrected chi connectivity index (χ1v) is 7.89. The van der Waals surface area contributed by atoms with E-state index in [9.17, 15) is 0 Å². The van der Waals surface area contributed by atoms with Crippen LogP contribution in [0.1, 0.15) is 38.7 Å². The molecule has 0 bridgehead atoms. The Balaban J connectivity index is 1.99. The van der Waals surface area contributed by atoms with Crippen LogP contribution in [0.2, 0.25) is 0 Å². The van der Waals surface area contributed by atoms with Crippen LogP contribution in [0.3, 0.4) is 0 Å². The number of nitrogens with one attached hydrogen (secondary N) is 1. The number of para-hydroxylation sites is 1. The van der Waals surface area contributed by atoms with Gasteiger partial charge in [-0.1, -0.05) is 19.1 Å². The van der Waals surface area contributed by atoms with Gasteiger partial charge in [0.2, 0.25) is 0 Å². The van der Waals surface area contributed by atoms with Crippen LogP contribution in [-0.4, -0.2) is 32.5 Å². The third-order valence-corrected chi connectivity index (χ3v) is 3.89. The number of ether oxygens (including phenoxy) is 3. The van der Waals surface area contributed by atoms with E-state index in [1.165, 1.54) is 6.42 Å². The van der Waals surface area contributed by atoms with Gasteiger partial charge < -0.3 is 19.5 Å². The first kappa shape index (κ1) is 16.1. The predicted molar refractivity (Wildman–Crippen MR) is 84.1 cm³/mol. The van der Waals surface area contributed by atoms with E-state index in [4.69, 9.17) is 14.2 Å². The molecule has 4 heteroatoms. The number of benzene rings is 1. The highest BCUT2D eigenvalue weighted by molar-refractivity contribution is 5.46. The molecule has 2 atom stereocenters. The molecule has 4 nitrogen and oxygen atoms in total. The summed E-state index contributed by atoms with van der Waals surface area (Å²) in [7, 11) is 1.68. The Bertz CT molecular complexity index is 430. The summed E-state index contributed by atoms with van der Waals surface area (Å²) in [6, 6.07) is 6.04. The third kappa shape index (κ3) is 4.61. The van der Waals surface area contributed by atoms with Gasteiger partial charge in [-0.15, -0.1) is 0 Å². The highest BCUT2D eigenvalue weighted by Gasteiger charge is 2.16. The van der Waals surface area contributed by atoms with E-state index in [-0.39, 0.29) is 6.10 Å².